The molecule has 0 unspecified atom stereocenters. The lowest BCUT2D eigenvalue weighted by Crippen LogP contribution is -2.30. The molecule has 0 aliphatic carbocycles. The second kappa shape index (κ2) is 7.81. The molecule has 25 heavy (non-hydrogen) atoms. The Morgan fingerprint density at radius 3 is 2.44 bits per heavy atom. The lowest BCUT2D eigenvalue weighted by molar-refractivity contribution is -0.123. The van der Waals surface area contributed by atoms with Gasteiger partial charge < -0.3 is 15.8 Å². The number of nitrogen functional groups attached to an aromatic ring is 1. The fourth-order valence-corrected chi connectivity index (χ4v) is 2.31. The second-order valence-electron chi connectivity index (χ2n) is 5.37. The number of esters is 1. The topological polar surface area (TPSA) is 98.5 Å². The summed E-state index contributed by atoms with van der Waals surface area (Å²) in [7, 11) is 0. The van der Waals surface area contributed by atoms with Gasteiger partial charge in [-0.15, -0.1) is 0 Å². The first-order valence-electron chi connectivity index (χ1n) is 7.46. The molecule has 0 fully saturated rings. The van der Waals surface area contributed by atoms with Crippen LogP contribution in [0.25, 0.3) is 0 Å². The van der Waals surface area contributed by atoms with Gasteiger partial charge in [-0.25, -0.2) is 4.79 Å². The number of rotatable bonds is 5. The van der Waals surface area contributed by atoms with Gasteiger partial charge in [-0.3, -0.25) is 9.59 Å². The van der Waals surface area contributed by atoms with E-state index in [1.807, 2.05) is 0 Å². The third kappa shape index (κ3) is 4.58. The summed E-state index contributed by atoms with van der Waals surface area (Å²) in [6.45, 7) is 2.83. The summed E-state index contributed by atoms with van der Waals surface area (Å²) in [5.74, 6) is -1.49. The van der Waals surface area contributed by atoms with E-state index in [-0.39, 0.29) is 17.0 Å². The van der Waals surface area contributed by atoms with Gasteiger partial charge in [0.2, 0.25) is 0 Å². The van der Waals surface area contributed by atoms with E-state index in [2.05, 4.69) is 5.32 Å². The molecular formula is C18H17ClN2O4. The number of para-hydroxylation sites is 1. The smallest absolute Gasteiger partial charge is 0.341 e. The van der Waals surface area contributed by atoms with Gasteiger partial charge in [-0.2, -0.15) is 0 Å². The zero-order valence-corrected chi connectivity index (χ0v) is 14.5. The zero-order chi connectivity index (χ0) is 18.6. The third-order valence-electron chi connectivity index (χ3n) is 3.45. The van der Waals surface area contributed by atoms with Gasteiger partial charge in [-0.1, -0.05) is 23.7 Å². The minimum absolute atomic E-state index is 0.119. The van der Waals surface area contributed by atoms with Gasteiger partial charge in [0.1, 0.15) is 0 Å². The summed E-state index contributed by atoms with van der Waals surface area (Å²) < 4.78 is 5.13. The number of amides is 1. The Hall–Kier alpha value is -2.86. The van der Waals surface area contributed by atoms with Gasteiger partial charge in [0.05, 0.1) is 11.3 Å². The molecule has 0 bridgehead atoms. The van der Waals surface area contributed by atoms with Crippen molar-refractivity contribution in [1.82, 2.24) is 0 Å². The Bertz CT molecular complexity index is 836. The normalized spacial score (nSPS) is 11.5. The van der Waals surface area contributed by atoms with E-state index in [0.717, 1.165) is 0 Å². The molecule has 1 amide bonds. The van der Waals surface area contributed by atoms with E-state index >= 15 is 0 Å². The van der Waals surface area contributed by atoms with Crippen LogP contribution in [0.1, 0.15) is 34.6 Å². The number of hydrogen-bond donors (Lipinski definition) is 2. The molecule has 0 aliphatic rings. The summed E-state index contributed by atoms with van der Waals surface area (Å²) >= 11 is 5.78. The summed E-state index contributed by atoms with van der Waals surface area (Å²) in [4.78, 5) is 36.0. The highest BCUT2D eigenvalue weighted by Crippen LogP contribution is 2.20. The zero-order valence-electron chi connectivity index (χ0n) is 13.7. The molecule has 2 rings (SSSR count). The summed E-state index contributed by atoms with van der Waals surface area (Å²) in [5, 5.41) is 2.97. The quantitative estimate of drug-likeness (QED) is 0.484. The van der Waals surface area contributed by atoms with Crippen LogP contribution in [0.4, 0.5) is 11.4 Å². The SMILES string of the molecule is CC(=O)c1ccccc1NC(=O)[C@@H](C)OC(=O)c1ccc(Cl)cc1N. The largest absolute Gasteiger partial charge is 0.449 e. The van der Waals surface area contributed by atoms with Crippen molar-refractivity contribution < 1.29 is 19.1 Å². The summed E-state index contributed by atoms with van der Waals surface area (Å²) in [6, 6.07) is 10.9. The van der Waals surface area contributed by atoms with E-state index in [1.54, 1.807) is 24.3 Å². The lowest BCUT2D eigenvalue weighted by atomic mass is 10.1. The third-order valence-corrected chi connectivity index (χ3v) is 3.69. The minimum atomic E-state index is -1.08. The molecule has 0 heterocycles. The van der Waals surface area contributed by atoms with Crippen molar-refractivity contribution in [1.29, 1.82) is 0 Å². The molecule has 130 valence electrons. The number of nitrogens with two attached hydrogens (primary N) is 1. The summed E-state index contributed by atoms with van der Waals surface area (Å²) in [6.07, 6.45) is -1.08. The number of benzene rings is 2. The number of Topliss-reactive ketones (excluding diaryl/α,β-unsaturated/α-hetero) is 1. The number of carbonyl (C=O) groups is 3. The molecule has 7 heteroatoms. The number of nitrogens with one attached hydrogen (secondary N) is 1. The highest BCUT2D eigenvalue weighted by Gasteiger charge is 2.21. The average Bonchev–Trinajstić information content (AvgIpc) is 2.54. The van der Waals surface area contributed by atoms with Crippen molar-refractivity contribution in [2.24, 2.45) is 0 Å². The molecule has 1 atom stereocenters. The van der Waals surface area contributed by atoms with Gasteiger partial charge in [-0.05, 0) is 44.2 Å². The molecule has 3 N–H and O–H groups in total. The molecule has 2 aromatic rings. The number of ketones is 1. The fraction of sp³-hybridized carbons (Fsp3) is 0.167. The first-order valence-corrected chi connectivity index (χ1v) is 7.84. The first-order chi connectivity index (χ1) is 11.8. The number of carbonyl (C=O) groups excluding carboxylic acids is 3. The van der Waals surface area contributed by atoms with Crippen LogP contribution in [0.15, 0.2) is 42.5 Å². The lowest BCUT2D eigenvalue weighted by Gasteiger charge is -2.15. The molecule has 0 aliphatic heterocycles. The van der Waals surface area contributed by atoms with Crippen molar-refractivity contribution in [2.45, 2.75) is 20.0 Å². The van der Waals surface area contributed by atoms with Gasteiger partial charge >= 0.3 is 5.97 Å². The Morgan fingerprint density at radius 1 is 1.12 bits per heavy atom. The molecule has 0 saturated carbocycles. The maximum atomic E-state index is 12.2. The van der Waals surface area contributed by atoms with E-state index in [0.29, 0.717) is 16.3 Å². The molecule has 2 aromatic carbocycles. The predicted octanol–water partition coefficient (Wildman–Crippen LogP) is 3.31. The van der Waals surface area contributed by atoms with Crippen molar-refractivity contribution >= 4 is 40.6 Å². The Morgan fingerprint density at radius 2 is 1.80 bits per heavy atom. The highest BCUT2D eigenvalue weighted by atomic mass is 35.5. The second-order valence-corrected chi connectivity index (χ2v) is 5.81. The fourth-order valence-electron chi connectivity index (χ4n) is 2.13. The van der Waals surface area contributed by atoms with E-state index < -0.39 is 18.0 Å². The van der Waals surface area contributed by atoms with Crippen LogP contribution >= 0.6 is 11.6 Å². The number of halogens is 1. The minimum Gasteiger partial charge on any atom is -0.449 e. The van der Waals surface area contributed by atoms with Crippen molar-refractivity contribution in [3.8, 4) is 0 Å². The van der Waals surface area contributed by atoms with Gasteiger partial charge in [0.15, 0.2) is 11.9 Å². The maximum Gasteiger partial charge on any atom is 0.341 e. The predicted molar refractivity (Wildman–Crippen MR) is 95.8 cm³/mol. The van der Waals surface area contributed by atoms with Gasteiger partial charge in [0.25, 0.3) is 5.91 Å². The van der Waals surface area contributed by atoms with Crippen LogP contribution in [0, 0.1) is 0 Å². The van der Waals surface area contributed by atoms with Crippen LogP contribution in [-0.4, -0.2) is 23.8 Å². The molecule has 0 saturated heterocycles. The van der Waals surface area contributed by atoms with Crippen LogP contribution < -0.4 is 11.1 Å². The monoisotopic (exact) mass is 360 g/mol. The van der Waals surface area contributed by atoms with E-state index in [4.69, 9.17) is 22.1 Å². The molecule has 0 radical (unpaired) electrons. The van der Waals surface area contributed by atoms with Crippen LogP contribution in [0.3, 0.4) is 0 Å². The van der Waals surface area contributed by atoms with Crippen molar-refractivity contribution in [3.63, 3.8) is 0 Å². The Kier molecular flexibility index (Phi) is 5.77. The highest BCUT2D eigenvalue weighted by molar-refractivity contribution is 6.31. The maximum absolute atomic E-state index is 12.2. The van der Waals surface area contributed by atoms with Gasteiger partial charge in [0, 0.05) is 16.3 Å². The average molecular weight is 361 g/mol. The Balaban J connectivity index is 2.08. The standard InChI is InChI=1S/C18H17ClN2O4/c1-10(22)13-5-3-4-6-16(13)21-17(23)11(2)25-18(24)14-8-7-12(19)9-15(14)20/h3-9,11H,20H2,1-2H3,(H,21,23)/t11-/m1/s1. The van der Waals surface area contributed by atoms with Crippen LogP contribution in [0.2, 0.25) is 5.02 Å². The molecular weight excluding hydrogens is 344 g/mol. The number of ether oxygens (including phenoxy) is 1. The van der Waals surface area contributed by atoms with Crippen LogP contribution in [0.5, 0.6) is 0 Å². The first kappa shape index (κ1) is 18.5. The van der Waals surface area contributed by atoms with Crippen molar-refractivity contribution in [2.75, 3.05) is 11.1 Å². The molecule has 0 spiro atoms. The van der Waals surface area contributed by atoms with E-state index in [9.17, 15) is 14.4 Å². The number of hydrogen-bond acceptors (Lipinski definition) is 5. The van der Waals surface area contributed by atoms with Crippen LogP contribution in [-0.2, 0) is 9.53 Å². The Labute approximate surface area is 149 Å². The molecule has 0 aromatic heterocycles. The summed E-state index contributed by atoms with van der Waals surface area (Å²) in [5.41, 5.74) is 6.73. The van der Waals surface area contributed by atoms with Crippen molar-refractivity contribution in [3.05, 3.63) is 58.6 Å². The molecule has 6 nitrogen and oxygen atoms in total. The number of anilines is 2. The van der Waals surface area contributed by atoms with E-state index in [1.165, 1.54) is 32.0 Å².